The first kappa shape index (κ1) is 14.2. The monoisotopic (exact) mass is 287 g/mol. The molecule has 1 aliphatic carbocycles. The van der Waals surface area contributed by atoms with Crippen molar-refractivity contribution in [3.05, 3.63) is 24.3 Å². The molecule has 0 spiro atoms. The second kappa shape index (κ2) is 5.96. The number of rotatable bonds is 3. The van der Waals surface area contributed by atoms with Crippen LogP contribution in [-0.2, 0) is 0 Å². The second-order valence-electron chi connectivity index (χ2n) is 6.35. The fourth-order valence-corrected chi connectivity index (χ4v) is 3.61. The smallest absolute Gasteiger partial charge is 0.196 e. The normalized spacial score (nSPS) is 29.3. The highest BCUT2D eigenvalue weighted by molar-refractivity contribution is 5.97. The van der Waals surface area contributed by atoms with E-state index in [9.17, 15) is 0 Å². The van der Waals surface area contributed by atoms with Crippen LogP contribution >= 0.6 is 0 Å². The minimum absolute atomic E-state index is 0.422. The molecule has 0 bridgehead atoms. The number of nitrogens with zero attached hydrogens (tertiary/aromatic N) is 2. The number of benzene rings is 1. The molecule has 2 N–H and O–H groups in total. The van der Waals surface area contributed by atoms with E-state index in [1.165, 1.54) is 25.7 Å². The van der Waals surface area contributed by atoms with E-state index in [1.54, 1.807) is 7.11 Å². The van der Waals surface area contributed by atoms with Gasteiger partial charge in [-0.05, 0) is 48.9 Å². The van der Waals surface area contributed by atoms with Crippen LogP contribution in [0.5, 0.6) is 5.75 Å². The second-order valence-corrected chi connectivity index (χ2v) is 6.35. The maximum atomic E-state index is 6.15. The van der Waals surface area contributed by atoms with Gasteiger partial charge >= 0.3 is 0 Å². The largest absolute Gasteiger partial charge is 0.497 e. The zero-order valence-electron chi connectivity index (χ0n) is 13.0. The predicted molar refractivity (Wildman–Crippen MR) is 86.9 cm³/mol. The zero-order chi connectivity index (χ0) is 14.8. The molecule has 0 amide bonds. The molecule has 1 aliphatic heterocycles. The first-order chi connectivity index (χ1) is 10.2. The molecule has 4 nitrogen and oxygen atoms in total. The van der Waals surface area contributed by atoms with Crippen LogP contribution in [0.15, 0.2) is 29.3 Å². The highest BCUT2D eigenvalue weighted by Crippen LogP contribution is 2.36. The fourth-order valence-electron chi connectivity index (χ4n) is 3.61. The van der Waals surface area contributed by atoms with Gasteiger partial charge in [0.25, 0.3) is 0 Å². The lowest BCUT2D eigenvalue weighted by molar-refractivity contribution is 0.261. The Kier molecular flexibility index (Phi) is 4.04. The molecule has 2 aliphatic rings. The van der Waals surface area contributed by atoms with E-state index in [0.717, 1.165) is 23.9 Å². The lowest BCUT2D eigenvalue weighted by Gasteiger charge is -2.36. The number of nitrogens with two attached hydrogens (primary N) is 1. The number of methoxy groups -OCH3 is 1. The minimum Gasteiger partial charge on any atom is -0.497 e. The van der Waals surface area contributed by atoms with E-state index >= 15 is 0 Å². The quantitative estimate of drug-likeness (QED) is 0.929. The molecule has 1 unspecified atom stereocenters. The van der Waals surface area contributed by atoms with Gasteiger partial charge in [-0.25, -0.2) is 0 Å². The summed E-state index contributed by atoms with van der Waals surface area (Å²) in [5.41, 5.74) is 7.27. The molecule has 114 valence electrons. The van der Waals surface area contributed by atoms with Crippen molar-refractivity contribution in [3.8, 4) is 5.75 Å². The van der Waals surface area contributed by atoms with Crippen molar-refractivity contribution in [3.63, 3.8) is 0 Å². The molecular formula is C17H25N3O. The van der Waals surface area contributed by atoms with E-state index in [0.29, 0.717) is 17.9 Å². The number of guanidine groups is 1. The standard InChI is InChI=1S/C17H25N3O/c1-12-3-5-13(6-4-12)16-11-19-17(18)20(16)14-7-9-15(21-2)10-8-14/h7-10,12-13,16H,3-6,11H2,1-2H3,(H2,18,19). The van der Waals surface area contributed by atoms with E-state index in [4.69, 9.17) is 10.5 Å². The summed E-state index contributed by atoms with van der Waals surface area (Å²) in [6.45, 7) is 3.19. The fraction of sp³-hybridized carbons (Fsp3) is 0.588. The third-order valence-corrected chi connectivity index (χ3v) is 4.97. The topological polar surface area (TPSA) is 50.9 Å². The molecule has 1 atom stereocenters. The molecule has 0 aromatic heterocycles. The van der Waals surface area contributed by atoms with Crippen LogP contribution in [0, 0.1) is 11.8 Å². The Balaban J connectivity index is 1.78. The number of hydrogen-bond acceptors (Lipinski definition) is 4. The molecule has 1 fully saturated rings. The van der Waals surface area contributed by atoms with Crippen molar-refractivity contribution in [2.75, 3.05) is 18.6 Å². The lowest BCUT2D eigenvalue weighted by Crippen LogP contribution is -2.45. The summed E-state index contributed by atoms with van der Waals surface area (Å²) >= 11 is 0. The van der Waals surface area contributed by atoms with Gasteiger partial charge in [-0.15, -0.1) is 0 Å². The Hall–Kier alpha value is -1.71. The van der Waals surface area contributed by atoms with E-state index in [1.807, 2.05) is 12.1 Å². The first-order valence-corrected chi connectivity index (χ1v) is 7.92. The number of aliphatic imine (C=N–C) groups is 1. The molecule has 0 saturated heterocycles. The van der Waals surface area contributed by atoms with Crippen molar-refractivity contribution in [2.24, 2.45) is 22.6 Å². The van der Waals surface area contributed by atoms with Gasteiger partial charge in [0.15, 0.2) is 5.96 Å². The summed E-state index contributed by atoms with van der Waals surface area (Å²) in [6, 6.07) is 8.54. The predicted octanol–water partition coefficient (Wildman–Crippen LogP) is 3.02. The van der Waals surface area contributed by atoms with Crippen LogP contribution in [-0.4, -0.2) is 25.7 Å². The van der Waals surface area contributed by atoms with Crippen LogP contribution in [0.25, 0.3) is 0 Å². The summed E-state index contributed by atoms with van der Waals surface area (Å²) in [5.74, 6) is 3.10. The van der Waals surface area contributed by atoms with Gasteiger partial charge in [0.05, 0.1) is 19.7 Å². The van der Waals surface area contributed by atoms with Gasteiger partial charge in [0.2, 0.25) is 0 Å². The highest BCUT2D eigenvalue weighted by Gasteiger charge is 2.35. The SMILES string of the molecule is COc1ccc(N2C(N)=NCC2C2CCC(C)CC2)cc1. The summed E-state index contributed by atoms with van der Waals surface area (Å²) in [6.07, 6.45) is 5.25. The summed E-state index contributed by atoms with van der Waals surface area (Å²) < 4.78 is 5.23. The van der Waals surface area contributed by atoms with Gasteiger partial charge < -0.3 is 15.4 Å². The van der Waals surface area contributed by atoms with E-state index < -0.39 is 0 Å². The molecule has 4 heteroatoms. The summed E-state index contributed by atoms with van der Waals surface area (Å²) in [7, 11) is 1.69. The van der Waals surface area contributed by atoms with Crippen LogP contribution in [0.1, 0.15) is 32.6 Å². The van der Waals surface area contributed by atoms with Crippen molar-refractivity contribution < 1.29 is 4.74 Å². The molecule has 1 saturated carbocycles. The van der Waals surface area contributed by atoms with Gasteiger partial charge in [-0.3, -0.25) is 4.99 Å². The molecule has 1 aromatic rings. The van der Waals surface area contributed by atoms with Crippen molar-refractivity contribution in [1.82, 2.24) is 0 Å². The Bertz CT molecular complexity index is 503. The van der Waals surface area contributed by atoms with Crippen molar-refractivity contribution >= 4 is 11.6 Å². The van der Waals surface area contributed by atoms with Crippen LogP contribution in [0.2, 0.25) is 0 Å². The molecule has 21 heavy (non-hydrogen) atoms. The maximum absolute atomic E-state index is 6.15. The van der Waals surface area contributed by atoms with Crippen LogP contribution < -0.4 is 15.4 Å². The third kappa shape index (κ3) is 2.85. The number of ether oxygens (including phenoxy) is 1. The van der Waals surface area contributed by atoms with E-state index in [-0.39, 0.29) is 0 Å². The lowest BCUT2D eigenvalue weighted by atomic mass is 9.79. The van der Waals surface area contributed by atoms with Crippen LogP contribution in [0.3, 0.4) is 0 Å². The number of anilines is 1. The minimum atomic E-state index is 0.422. The van der Waals surface area contributed by atoms with Gasteiger partial charge in [-0.2, -0.15) is 0 Å². The molecule has 0 radical (unpaired) electrons. The Morgan fingerprint density at radius 2 is 1.81 bits per heavy atom. The summed E-state index contributed by atoms with van der Waals surface area (Å²) in [5, 5.41) is 0. The Morgan fingerprint density at radius 1 is 1.14 bits per heavy atom. The Morgan fingerprint density at radius 3 is 2.43 bits per heavy atom. The summed E-state index contributed by atoms with van der Waals surface area (Å²) in [4.78, 5) is 6.72. The van der Waals surface area contributed by atoms with Gasteiger partial charge in [0, 0.05) is 5.69 Å². The molecular weight excluding hydrogens is 262 g/mol. The Labute approximate surface area is 127 Å². The molecule has 1 aromatic carbocycles. The van der Waals surface area contributed by atoms with E-state index in [2.05, 4.69) is 28.9 Å². The van der Waals surface area contributed by atoms with Gasteiger partial charge in [0.1, 0.15) is 5.75 Å². The third-order valence-electron chi connectivity index (χ3n) is 4.97. The molecule has 3 rings (SSSR count). The van der Waals surface area contributed by atoms with Crippen LogP contribution in [0.4, 0.5) is 5.69 Å². The zero-order valence-corrected chi connectivity index (χ0v) is 13.0. The average molecular weight is 287 g/mol. The maximum Gasteiger partial charge on any atom is 0.196 e. The average Bonchev–Trinajstić information content (AvgIpc) is 2.90. The highest BCUT2D eigenvalue weighted by atomic mass is 16.5. The molecule has 1 heterocycles. The first-order valence-electron chi connectivity index (χ1n) is 7.92. The van der Waals surface area contributed by atoms with Crippen molar-refractivity contribution in [2.45, 2.75) is 38.6 Å². The van der Waals surface area contributed by atoms with Gasteiger partial charge in [-0.1, -0.05) is 19.8 Å². The van der Waals surface area contributed by atoms with Crippen molar-refractivity contribution in [1.29, 1.82) is 0 Å². The number of hydrogen-bond donors (Lipinski definition) is 1.